The Hall–Kier alpha value is -4.99. The quantitative estimate of drug-likeness (QED) is 0.299. The van der Waals surface area contributed by atoms with Crippen molar-refractivity contribution in [2.24, 2.45) is 0 Å². The van der Waals surface area contributed by atoms with E-state index in [-0.39, 0.29) is 11.2 Å². The molecule has 2 N–H and O–H groups in total. The second kappa shape index (κ2) is 10.2. The van der Waals surface area contributed by atoms with Gasteiger partial charge in [-0.2, -0.15) is 13.2 Å². The van der Waals surface area contributed by atoms with Crippen LogP contribution in [0.1, 0.15) is 16.8 Å². The highest BCUT2D eigenvalue weighted by atomic mass is 19.4. The van der Waals surface area contributed by atoms with Crippen molar-refractivity contribution >= 4 is 28.6 Å². The molecule has 38 heavy (non-hydrogen) atoms. The number of alkyl halides is 3. The number of pyridine rings is 1. The minimum absolute atomic E-state index is 0.192. The number of urea groups is 1. The number of fused-ring (bicyclic) bond motifs is 1. The highest BCUT2D eigenvalue weighted by Gasteiger charge is 2.30. The van der Waals surface area contributed by atoms with Crippen molar-refractivity contribution in [2.75, 3.05) is 10.6 Å². The third kappa shape index (κ3) is 5.39. The van der Waals surface area contributed by atoms with Crippen LogP contribution in [0.25, 0.3) is 16.9 Å². The number of carbonyl (C=O) groups excluding carboxylic acids is 1. The van der Waals surface area contributed by atoms with Crippen molar-refractivity contribution < 1.29 is 18.0 Å². The molecule has 2 amide bonds. The van der Waals surface area contributed by atoms with E-state index in [9.17, 15) is 22.8 Å². The van der Waals surface area contributed by atoms with Gasteiger partial charge in [-0.1, -0.05) is 36.4 Å². The summed E-state index contributed by atoms with van der Waals surface area (Å²) in [4.78, 5) is 35.0. The summed E-state index contributed by atoms with van der Waals surface area (Å²) < 4.78 is 39.8. The normalized spacial score (nSPS) is 11.3. The third-order valence-corrected chi connectivity index (χ3v) is 5.73. The van der Waals surface area contributed by atoms with Crippen LogP contribution in [0.4, 0.5) is 29.3 Å². The monoisotopic (exact) mass is 515 g/mol. The van der Waals surface area contributed by atoms with Gasteiger partial charge in [0.05, 0.1) is 11.3 Å². The summed E-state index contributed by atoms with van der Waals surface area (Å²) in [6, 6.07) is 23.1. The second-order valence-corrected chi connectivity index (χ2v) is 8.41. The number of aromatic nitrogens is 3. The minimum Gasteiger partial charge on any atom is -0.308 e. The molecule has 0 fully saturated rings. The number of benzene rings is 3. The maximum absolute atomic E-state index is 13.5. The Labute approximate surface area is 214 Å². The molecular formula is C28H20F3N5O2. The first-order chi connectivity index (χ1) is 18.3. The van der Waals surface area contributed by atoms with E-state index in [2.05, 4.69) is 20.6 Å². The predicted octanol–water partition coefficient (Wildman–Crippen LogP) is 6.03. The zero-order chi connectivity index (χ0) is 26.7. The molecular weight excluding hydrogens is 495 g/mol. The predicted molar refractivity (Wildman–Crippen MR) is 138 cm³/mol. The van der Waals surface area contributed by atoms with Gasteiger partial charge in [0.1, 0.15) is 11.2 Å². The summed E-state index contributed by atoms with van der Waals surface area (Å²) in [5.41, 5.74) is 2.04. The van der Waals surface area contributed by atoms with Crippen molar-refractivity contribution in [1.82, 2.24) is 14.5 Å². The first kappa shape index (κ1) is 24.7. The lowest BCUT2D eigenvalue weighted by Crippen LogP contribution is -2.25. The molecule has 0 saturated heterocycles. The molecule has 2 heterocycles. The van der Waals surface area contributed by atoms with E-state index in [4.69, 9.17) is 0 Å². The maximum atomic E-state index is 13.5. The van der Waals surface area contributed by atoms with Crippen LogP contribution in [0, 0.1) is 0 Å². The fourth-order valence-corrected chi connectivity index (χ4v) is 3.97. The molecule has 5 rings (SSSR count). The zero-order valence-corrected chi connectivity index (χ0v) is 19.7. The van der Waals surface area contributed by atoms with E-state index in [0.717, 1.165) is 17.7 Å². The molecule has 0 radical (unpaired) electrons. The molecule has 0 aliphatic rings. The molecule has 0 aliphatic carbocycles. The molecule has 0 atom stereocenters. The topological polar surface area (TPSA) is 88.9 Å². The van der Waals surface area contributed by atoms with Crippen molar-refractivity contribution in [2.45, 2.75) is 12.6 Å². The maximum Gasteiger partial charge on any atom is 0.416 e. The second-order valence-electron chi connectivity index (χ2n) is 8.41. The first-order valence-corrected chi connectivity index (χ1v) is 11.5. The SMILES string of the molecule is O=C(Nc1ccc(C(F)(F)F)cc1)Nc1cccc(-n2c(=O)c(Cc3ccccc3)nc3cccnc32)c1. The van der Waals surface area contributed by atoms with Crippen LogP contribution in [0.15, 0.2) is 102 Å². The third-order valence-electron chi connectivity index (χ3n) is 5.73. The highest BCUT2D eigenvalue weighted by molar-refractivity contribution is 5.99. The molecule has 0 bridgehead atoms. The summed E-state index contributed by atoms with van der Waals surface area (Å²) in [5.74, 6) is 0. The number of hydrogen-bond donors (Lipinski definition) is 2. The number of halogens is 3. The van der Waals surface area contributed by atoms with Crippen LogP contribution in [0.5, 0.6) is 0 Å². The molecule has 2 aromatic heterocycles. The lowest BCUT2D eigenvalue weighted by atomic mass is 10.1. The van der Waals surface area contributed by atoms with Gasteiger partial charge < -0.3 is 10.6 Å². The molecule has 0 spiro atoms. The Balaban J connectivity index is 1.43. The van der Waals surface area contributed by atoms with Gasteiger partial charge in [0, 0.05) is 24.0 Å². The van der Waals surface area contributed by atoms with E-state index in [1.54, 1.807) is 42.6 Å². The van der Waals surface area contributed by atoms with Gasteiger partial charge in [-0.3, -0.25) is 9.36 Å². The average molecular weight is 515 g/mol. The fraction of sp³-hybridized carbons (Fsp3) is 0.0714. The van der Waals surface area contributed by atoms with Crippen molar-refractivity contribution in [3.05, 3.63) is 124 Å². The number of anilines is 2. The van der Waals surface area contributed by atoms with Crippen LogP contribution in [-0.4, -0.2) is 20.6 Å². The number of nitrogens with zero attached hydrogens (tertiary/aromatic N) is 3. The van der Waals surface area contributed by atoms with Gasteiger partial charge in [0.25, 0.3) is 5.56 Å². The minimum atomic E-state index is -4.47. The Kier molecular flexibility index (Phi) is 6.61. The number of carbonyl (C=O) groups is 1. The van der Waals surface area contributed by atoms with Crippen LogP contribution >= 0.6 is 0 Å². The highest BCUT2D eigenvalue weighted by Crippen LogP contribution is 2.30. The van der Waals surface area contributed by atoms with Gasteiger partial charge in [0.15, 0.2) is 5.65 Å². The standard InChI is InChI=1S/C28H20F3N5O2/c29-28(30,31)19-11-13-20(14-12-19)33-27(38)34-21-8-4-9-22(17-21)36-25-23(10-5-15-32-25)35-24(26(36)37)16-18-6-2-1-3-7-18/h1-15,17H,16H2,(H2,33,34,38). The Bertz CT molecular complexity index is 1670. The Morgan fingerprint density at radius 1 is 0.842 bits per heavy atom. The number of amides is 2. The van der Waals surface area contributed by atoms with E-state index in [0.29, 0.717) is 34.7 Å². The van der Waals surface area contributed by atoms with E-state index < -0.39 is 17.8 Å². The van der Waals surface area contributed by atoms with E-state index in [1.165, 1.54) is 16.7 Å². The average Bonchev–Trinajstić information content (AvgIpc) is 2.90. The summed E-state index contributed by atoms with van der Waals surface area (Å²) >= 11 is 0. The van der Waals surface area contributed by atoms with Crippen LogP contribution in [0.3, 0.4) is 0 Å². The molecule has 190 valence electrons. The van der Waals surface area contributed by atoms with E-state index >= 15 is 0 Å². The van der Waals surface area contributed by atoms with Crippen LogP contribution in [0.2, 0.25) is 0 Å². The Morgan fingerprint density at radius 3 is 2.32 bits per heavy atom. The number of rotatable bonds is 5. The largest absolute Gasteiger partial charge is 0.416 e. The lowest BCUT2D eigenvalue weighted by molar-refractivity contribution is -0.137. The summed E-state index contributed by atoms with van der Waals surface area (Å²) in [6.07, 6.45) is -2.57. The summed E-state index contributed by atoms with van der Waals surface area (Å²) in [5, 5.41) is 5.14. The van der Waals surface area contributed by atoms with Crippen LogP contribution < -0.4 is 16.2 Å². The number of nitrogens with one attached hydrogen (secondary N) is 2. The zero-order valence-electron chi connectivity index (χ0n) is 19.7. The molecule has 0 aliphatic heterocycles. The fourth-order valence-electron chi connectivity index (χ4n) is 3.97. The molecule has 5 aromatic rings. The van der Waals surface area contributed by atoms with Crippen LogP contribution in [-0.2, 0) is 12.6 Å². The van der Waals surface area contributed by atoms with Crippen molar-refractivity contribution in [3.63, 3.8) is 0 Å². The summed E-state index contributed by atoms with van der Waals surface area (Å²) in [6.45, 7) is 0. The van der Waals surface area contributed by atoms with Gasteiger partial charge in [0.2, 0.25) is 0 Å². The van der Waals surface area contributed by atoms with Gasteiger partial charge >= 0.3 is 12.2 Å². The smallest absolute Gasteiger partial charge is 0.308 e. The number of hydrogen-bond acceptors (Lipinski definition) is 4. The summed E-state index contributed by atoms with van der Waals surface area (Å²) in [7, 11) is 0. The lowest BCUT2D eigenvalue weighted by Gasteiger charge is -2.14. The molecule has 10 heteroatoms. The van der Waals surface area contributed by atoms with Gasteiger partial charge in [-0.25, -0.2) is 14.8 Å². The van der Waals surface area contributed by atoms with Crippen molar-refractivity contribution in [3.8, 4) is 5.69 Å². The van der Waals surface area contributed by atoms with Crippen molar-refractivity contribution in [1.29, 1.82) is 0 Å². The molecule has 3 aromatic carbocycles. The Morgan fingerprint density at radius 2 is 1.58 bits per heavy atom. The van der Waals surface area contributed by atoms with E-state index in [1.807, 2.05) is 30.3 Å². The van der Waals surface area contributed by atoms with Gasteiger partial charge in [-0.05, 0) is 60.2 Å². The van der Waals surface area contributed by atoms with Gasteiger partial charge in [-0.15, -0.1) is 0 Å². The molecule has 0 unspecified atom stereocenters. The first-order valence-electron chi connectivity index (χ1n) is 11.5. The molecule has 7 nitrogen and oxygen atoms in total. The molecule has 0 saturated carbocycles.